The van der Waals surface area contributed by atoms with Crippen LogP contribution in [0.4, 0.5) is 5.69 Å². The van der Waals surface area contributed by atoms with Gasteiger partial charge in [-0.15, -0.1) is 0 Å². The van der Waals surface area contributed by atoms with E-state index in [-0.39, 0.29) is 36.8 Å². The van der Waals surface area contributed by atoms with Gasteiger partial charge in [0.15, 0.2) is 16.7 Å². The van der Waals surface area contributed by atoms with Crippen molar-refractivity contribution in [1.29, 1.82) is 0 Å². The molecule has 0 saturated heterocycles. The number of hydrogen-bond donors (Lipinski definition) is 1. The maximum Gasteiger partial charge on any atom is 0.247 e. The van der Waals surface area contributed by atoms with Crippen molar-refractivity contribution in [2.45, 2.75) is 45.4 Å². The molecule has 1 aromatic heterocycles. The number of anilines is 1. The van der Waals surface area contributed by atoms with Gasteiger partial charge in [-0.2, -0.15) is 0 Å². The van der Waals surface area contributed by atoms with Gasteiger partial charge in [-0.1, -0.05) is 37.7 Å². The molecule has 200 valence electrons. The van der Waals surface area contributed by atoms with E-state index in [1.807, 2.05) is 58.0 Å². The van der Waals surface area contributed by atoms with Crippen LogP contribution in [-0.4, -0.2) is 52.4 Å². The molecule has 3 aromatic rings. The molecule has 0 aliphatic carbocycles. The number of carbonyl (C=O) groups is 2. The molecule has 2 aromatic carbocycles. The van der Waals surface area contributed by atoms with Gasteiger partial charge >= 0.3 is 0 Å². The average molecular weight is 537 g/mol. The highest BCUT2D eigenvalue weighted by atomic mass is 32.2. The van der Waals surface area contributed by atoms with Gasteiger partial charge in [0.25, 0.3) is 0 Å². The average Bonchev–Trinajstić information content (AvgIpc) is 3.34. The number of methoxy groups -OCH3 is 1. The second-order valence-electron chi connectivity index (χ2n) is 9.34. The van der Waals surface area contributed by atoms with Gasteiger partial charge < -0.3 is 24.4 Å². The highest BCUT2D eigenvalue weighted by molar-refractivity contribution is 7.99. The molecule has 0 spiro atoms. The van der Waals surface area contributed by atoms with Crippen LogP contribution in [0.25, 0.3) is 0 Å². The molecule has 0 radical (unpaired) electrons. The van der Waals surface area contributed by atoms with Crippen molar-refractivity contribution in [3.05, 3.63) is 65.5 Å². The third kappa shape index (κ3) is 6.74. The number of thioether (sulfide) groups is 1. The summed E-state index contributed by atoms with van der Waals surface area (Å²) in [4.78, 5) is 37.8. The molecule has 2 amide bonds. The zero-order valence-electron chi connectivity index (χ0n) is 22.2. The van der Waals surface area contributed by atoms with Crippen molar-refractivity contribution in [2.24, 2.45) is 5.92 Å². The van der Waals surface area contributed by atoms with E-state index < -0.39 is 6.04 Å². The Bertz CT molecular complexity index is 1280. The molecule has 0 saturated carbocycles. The molecule has 4 rings (SSSR count). The van der Waals surface area contributed by atoms with Gasteiger partial charge in [0.05, 0.1) is 12.9 Å². The predicted molar refractivity (Wildman–Crippen MR) is 146 cm³/mol. The first-order valence-electron chi connectivity index (χ1n) is 12.3. The largest absolute Gasteiger partial charge is 0.497 e. The van der Waals surface area contributed by atoms with E-state index in [4.69, 9.17) is 14.2 Å². The number of nitrogens with one attached hydrogen (secondary N) is 1. The van der Waals surface area contributed by atoms with Gasteiger partial charge in [-0.05, 0) is 55.7 Å². The summed E-state index contributed by atoms with van der Waals surface area (Å²) in [5, 5.41) is 3.49. The molecule has 1 aliphatic rings. The molecule has 1 aliphatic heterocycles. The fourth-order valence-corrected chi connectivity index (χ4v) is 5.07. The van der Waals surface area contributed by atoms with Crippen LogP contribution in [-0.2, 0) is 16.1 Å². The fourth-order valence-electron chi connectivity index (χ4n) is 4.23. The van der Waals surface area contributed by atoms with E-state index in [0.717, 1.165) is 22.7 Å². The lowest BCUT2D eigenvalue weighted by molar-refractivity contribution is -0.138. The summed E-state index contributed by atoms with van der Waals surface area (Å²) in [7, 11) is 1.60. The van der Waals surface area contributed by atoms with E-state index in [1.54, 1.807) is 30.2 Å². The van der Waals surface area contributed by atoms with Gasteiger partial charge in [0.1, 0.15) is 11.8 Å². The smallest absolute Gasteiger partial charge is 0.247 e. The first kappa shape index (κ1) is 27.3. The zero-order valence-corrected chi connectivity index (χ0v) is 23.0. The maximum atomic E-state index is 13.7. The predicted octanol–water partition coefficient (Wildman–Crippen LogP) is 4.61. The molecule has 2 heterocycles. The summed E-state index contributed by atoms with van der Waals surface area (Å²) in [6.45, 7) is 8.05. The summed E-state index contributed by atoms with van der Waals surface area (Å²) in [6.07, 6.45) is 0. The quantitative estimate of drug-likeness (QED) is 0.296. The standard InChI is InChI=1S/C28H32N4O5S/c1-17(2)26(27(34)31-21-8-11-23-24(13-21)37-16-36-23)32(14-20-6-9-22(35-5)10-7-20)25(33)15-38-28-29-18(3)12-19(4)30-28/h6-13,17,26H,14-16H2,1-5H3,(H,31,34)/t26-/m1/s1. The summed E-state index contributed by atoms with van der Waals surface area (Å²) in [6, 6.07) is 13.9. The van der Waals surface area contributed by atoms with Crippen molar-refractivity contribution >= 4 is 29.3 Å². The lowest BCUT2D eigenvalue weighted by atomic mass is 10.00. The fraction of sp³-hybridized carbons (Fsp3) is 0.357. The molecule has 1 N–H and O–H groups in total. The van der Waals surface area contributed by atoms with Crippen molar-refractivity contribution in [2.75, 3.05) is 25.0 Å². The van der Waals surface area contributed by atoms with Crippen LogP contribution in [0.3, 0.4) is 0 Å². The van der Waals surface area contributed by atoms with Crippen molar-refractivity contribution in [1.82, 2.24) is 14.9 Å². The van der Waals surface area contributed by atoms with Crippen LogP contribution in [0.1, 0.15) is 30.8 Å². The molecular formula is C28H32N4O5S. The third-order valence-corrected chi connectivity index (χ3v) is 6.83. The molecule has 10 heteroatoms. The highest BCUT2D eigenvalue weighted by Crippen LogP contribution is 2.34. The molecular weight excluding hydrogens is 504 g/mol. The van der Waals surface area contributed by atoms with E-state index in [1.165, 1.54) is 11.8 Å². The lowest BCUT2D eigenvalue weighted by Crippen LogP contribution is -2.50. The molecule has 0 unspecified atom stereocenters. The number of nitrogens with zero attached hydrogens (tertiary/aromatic N) is 3. The minimum Gasteiger partial charge on any atom is -0.497 e. The number of aromatic nitrogens is 2. The molecule has 38 heavy (non-hydrogen) atoms. The summed E-state index contributed by atoms with van der Waals surface area (Å²) in [5.74, 6) is 1.38. The Morgan fingerprint density at radius 3 is 2.37 bits per heavy atom. The number of amides is 2. The van der Waals surface area contributed by atoms with Gasteiger partial charge in [0, 0.05) is 29.7 Å². The van der Waals surface area contributed by atoms with Crippen LogP contribution in [0, 0.1) is 19.8 Å². The first-order valence-corrected chi connectivity index (χ1v) is 13.3. The van der Waals surface area contributed by atoms with Crippen LogP contribution < -0.4 is 19.5 Å². The van der Waals surface area contributed by atoms with Gasteiger partial charge in [-0.3, -0.25) is 9.59 Å². The molecule has 9 nitrogen and oxygen atoms in total. The second-order valence-corrected chi connectivity index (χ2v) is 10.3. The molecule has 1 atom stereocenters. The maximum absolute atomic E-state index is 13.7. The van der Waals surface area contributed by atoms with E-state index in [9.17, 15) is 9.59 Å². The number of hydrogen-bond acceptors (Lipinski definition) is 8. The Hall–Kier alpha value is -3.79. The van der Waals surface area contributed by atoms with E-state index in [2.05, 4.69) is 15.3 Å². The van der Waals surface area contributed by atoms with Gasteiger partial charge in [-0.25, -0.2) is 9.97 Å². The Labute approximate surface area is 226 Å². The number of benzene rings is 2. The Balaban J connectivity index is 1.57. The van der Waals surface area contributed by atoms with Crippen molar-refractivity contribution in [3.63, 3.8) is 0 Å². The highest BCUT2D eigenvalue weighted by Gasteiger charge is 2.33. The van der Waals surface area contributed by atoms with Crippen molar-refractivity contribution in [3.8, 4) is 17.2 Å². The Morgan fingerprint density at radius 1 is 1.03 bits per heavy atom. The summed E-state index contributed by atoms with van der Waals surface area (Å²) >= 11 is 1.26. The van der Waals surface area contributed by atoms with Crippen LogP contribution in [0.2, 0.25) is 0 Å². The monoisotopic (exact) mass is 536 g/mol. The van der Waals surface area contributed by atoms with Gasteiger partial charge in [0.2, 0.25) is 18.6 Å². The number of rotatable bonds is 10. The van der Waals surface area contributed by atoms with Crippen molar-refractivity contribution < 1.29 is 23.8 Å². The van der Waals surface area contributed by atoms with E-state index in [0.29, 0.717) is 22.3 Å². The van der Waals surface area contributed by atoms with Crippen LogP contribution >= 0.6 is 11.8 Å². The van der Waals surface area contributed by atoms with E-state index >= 15 is 0 Å². The number of carbonyl (C=O) groups excluding carboxylic acids is 2. The minimum atomic E-state index is -0.726. The normalized spacial score (nSPS) is 12.8. The topological polar surface area (TPSA) is 103 Å². The van der Waals surface area contributed by atoms with Crippen LogP contribution in [0.15, 0.2) is 53.7 Å². The Kier molecular flexibility index (Phi) is 8.73. The molecule has 0 bridgehead atoms. The zero-order chi connectivity index (χ0) is 27.2. The molecule has 0 fully saturated rings. The summed E-state index contributed by atoms with van der Waals surface area (Å²) in [5.41, 5.74) is 3.13. The summed E-state index contributed by atoms with van der Waals surface area (Å²) < 4.78 is 16.1. The lowest BCUT2D eigenvalue weighted by Gasteiger charge is -2.33. The Morgan fingerprint density at radius 2 is 1.71 bits per heavy atom. The third-order valence-electron chi connectivity index (χ3n) is 5.99. The second kappa shape index (κ2) is 12.2. The number of ether oxygens (including phenoxy) is 3. The van der Waals surface area contributed by atoms with Crippen LogP contribution in [0.5, 0.6) is 17.2 Å². The number of fused-ring (bicyclic) bond motifs is 1. The minimum absolute atomic E-state index is 0.0968. The first-order chi connectivity index (χ1) is 18.2. The number of aryl methyl sites for hydroxylation is 2. The SMILES string of the molecule is COc1ccc(CN(C(=O)CSc2nc(C)cc(C)n2)[C@@H](C(=O)Nc2ccc3c(c2)OCO3)C(C)C)cc1.